The van der Waals surface area contributed by atoms with Crippen LogP contribution < -0.4 is 5.32 Å². The number of hydrogen-bond donors (Lipinski definition) is 1. The first-order chi connectivity index (χ1) is 11.9. The van der Waals surface area contributed by atoms with Crippen molar-refractivity contribution >= 4 is 17.6 Å². The Balaban J connectivity index is 5.08. The molecule has 0 aliphatic rings. The number of nitrogens with one attached hydrogen (secondary N) is 1. The smallest absolute Gasteiger partial charge is 0.242 e. The lowest BCUT2D eigenvalue weighted by Gasteiger charge is -2.32. The van der Waals surface area contributed by atoms with Crippen LogP contribution in [-0.2, 0) is 14.4 Å². The van der Waals surface area contributed by atoms with E-state index in [1.54, 1.807) is 14.1 Å². The molecule has 0 aliphatic carbocycles. The molecule has 6 heteroatoms. The minimum absolute atomic E-state index is 0.0222. The van der Waals surface area contributed by atoms with E-state index in [9.17, 15) is 14.4 Å². The largest absolute Gasteiger partial charge is 0.335 e. The lowest BCUT2D eigenvalue weighted by Crippen LogP contribution is -2.52. The number of nitrogens with zero attached hydrogens (tertiary/aromatic N) is 2. The minimum atomic E-state index is -0.443. The van der Waals surface area contributed by atoms with Crippen LogP contribution in [0.5, 0.6) is 0 Å². The predicted molar refractivity (Wildman–Crippen MR) is 106 cm³/mol. The van der Waals surface area contributed by atoms with Crippen LogP contribution in [0.1, 0.15) is 61.3 Å². The average molecular weight is 370 g/mol. The molecule has 2 amide bonds. The molecule has 0 saturated heterocycles. The van der Waals surface area contributed by atoms with Crippen LogP contribution in [-0.4, -0.2) is 66.2 Å². The highest BCUT2D eigenvalue weighted by Crippen LogP contribution is 2.16. The Labute approximate surface area is 159 Å². The summed E-state index contributed by atoms with van der Waals surface area (Å²) < 4.78 is 0. The van der Waals surface area contributed by atoms with Crippen molar-refractivity contribution in [2.75, 3.05) is 20.6 Å². The summed E-state index contributed by atoms with van der Waals surface area (Å²) in [4.78, 5) is 40.8. The third kappa shape index (κ3) is 7.85. The van der Waals surface area contributed by atoms with Crippen molar-refractivity contribution in [1.29, 1.82) is 0 Å². The second kappa shape index (κ2) is 11.3. The molecular formula is C20H39N3O3. The van der Waals surface area contributed by atoms with Gasteiger partial charge in [0.25, 0.3) is 0 Å². The SMILES string of the molecule is CC[C@H](NC(C)C)C(=O)N(C)CC(=O)N(C)[C@@H](CC(C)C)C(=O)C(C)C. The van der Waals surface area contributed by atoms with Gasteiger partial charge in [0.05, 0.1) is 18.6 Å². The highest BCUT2D eigenvalue weighted by Gasteiger charge is 2.30. The first-order valence-corrected chi connectivity index (χ1v) is 9.72. The van der Waals surface area contributed by atoms with Gasteiger partial charge in [-0.2, -0.15) is 0 Å². The van der Waals surface area contributed by atoms with Gasteiger partial charge in [0.1, 0.15) is 0 Å². The molecule has 0 rings (SSSR count). The van der Waals surface area contributed by atoms with Crippen molar-refractivity contribution in [3.05, 3.63) is 0 Å². The number of Topliss-reactive ketones (excluding diaryl/α,β-unsaturated/α-hetero) is 1. The first-order valence-electron chi connectivity index (χ1n) is 9.72. The summed E-state index contributed by atoms with van der Waals surface area (Å²) in [7, 11) is 3.30. The molecule has 0 unspecified atom stereocenters. The Kier molecular flexibility index (Phi) is 10.7. The highest BCUT2D eigenvalue weighted by atomic mass is 16.2. The van der Waals surface area contributed by atoms with Crippen molar-refractivity contribution in [3.63, 3.8) is 0 Å². The van der Waals surface area contributed by atoms with Crippen molar-refractivity contribution in [2.24, 2.45) is 11.8 Å². The molecule has 6 nitrogen and oxygen atoms in total. The van der Waals surface area contributed by atoms with E-state index in [0.29, 0.717) is 18.8 Å². The number of carbonyl (C=O) groups excluding carboxylic acids is 3. The van der Waals surface area contributed by atoms with Crippen molar-refractivity contribution in [3.8, 4) is 0 Å². The molecule has 0 aliphatic heterocycles. The molecule has 0 spiro atoms. The third-order valence-electron chi connectivity index (χ3n) is 4.44. The van der Waals surface area contributed by atoms with Gasteiger partial charge in [-0.05, 0) is 18.8 Å². The van der Waals surface area contributed by atoms with Crippen LogP contribution in [0, 0.1) is 11.8 Å². The number of hydrogen-bond acceptors (Lipinski definition) is 4. The van der Waals surface area contributed by atoms with Gasteiger partial charge in [-0.25, -0.2) is 0 Å². The van der Waals surface area contributed by atoms with Gasteiger partial charge in [0.15, 0.2) is 5.78 Å². The van der Waals surface area contributed by atoms with Crippen molar-refractivity contribution < 1.29 is 14.4 Å². The standard InChI is InChI=1S/C20H39N3O3/c1-10-16(21-15(6)7)20(26)22(8)12-18(24)23(9)17(11-13(2)3)19(25)14(4)5/h13-17,21H,10-12H2,1-9H3/t16-,17-/m0/s1. The van der Waals surface area contributed by atoms with Crippen molar-refractivity contribution in [1.82, 2.24) is 15.1 Å². The van der Waals surface area contributed by atoms with E-state index < -0.39 is 6.04 Å². The fourth-order valence-corrected chi connectivity index (χ4v) is 2.89. The van der Waals surface area contributed by atoms with Crippen LogP contribution >= 0.6 is 0 Å². The lowest BCUT2D eigenvalue weighted by molar-refractivity contribution is -0.144. The molecule has 0 saturated carbocycles. The van der Waals surface area contributed by atoms with Crippen LogP contribution in [0.3, 0.4) is 0 Å². The Morgan fingerprint density at radius 1 is 0.962 bits per heavy atom. The van der Waals surface area contributed by atoms with Gasteiger partial charge in [-0.1, -0.05) is 48.5 Å². The molecule has 0 bridgehead atoms. The topological polar surface area (TPSA) is 69.7 Å². The highest BCUT2D eigenvalue weighted by molar-refractivity contribution is 5.92. The molecular weight excluding hydrogens is 330 g/mol. The zero-order valence-corrected chi connectivity index (χ0v) is 18.1. The van der Waals surface area contributed by atoms with E-state index in [-0.39, 0.29) is 42.1 Å². The van der Waals surface area contributed by atoms with E-state index in [0.717, 1.165) is 0 Å². The zero-order chi connectivity index (χ0) is 20.6. The number of ketones is 1. The van der Waals surface area contributed by atoms with Gasteiger partial charge < -0.3 is 15.1 Å². The summed E-state index contributed by atoms with van der Waals surface area (Å²) in [6.07, 6.45) is 1.29. The predicted octanol–water partition coefficient (Wildman–Crippen LogP) is 2.32. The molecule has 26 heavy (non-hydrogen) atoms. The van der Waals surface area contributed by atoms with Gasteiger partial charge in [0, 0.05) is 26.1 Å². The van der Waals surface area contributed by atoms with Crippen LogP contribution in [0.4, 0.5) is 0 Å². The molecule has 0 aromatic carbocycles. The molecule has 0 aromatic heterocycles. The molecule has 0 aromatic rings. The van der Waals surface area contributed by atoms with E-state index in [4.69, 9.17) is 0 Å². The second-order valence-electron chi connectivity index (χ2n) is 8.18. The first kappa shape index (κ1) is 24.6. The summed E-state index contributed by atoms with van der Waals surface area (Å²) in [6, 6.07) is -0.557. The fraction of sp³-hybridized carbons (Fsp3) is 0.850. The van der Waals surface area contributed by atoms with Crippen LogP contribution in [0.15, 0.2) is 0 Å². The summed E-state index contributed by atoms with van der Waals surface area (Å²) >= 11 is 0. The van der Waals surface area contributed by atoms with Crippen molar-refractivity contribution in [2.45, 2.75) is 79.4 Å². The van der Waals surface area contributed by atoms with Gasteiger partial charge in [-0.3, -0.25) is 14.4 Å². The van der Waals surface area contributed by atoms with E-state index in [1.807, 2.05) is 48.5 Å². The maximum absolute atomic E-state index is 12.7. The third-order valence-corrected chi connectivity index (χ3v) is 4.44. The minimum Gasteiger partial charge on any atom is -0.335 e. The molecule has 0 fully saturated rings. The quantitative estimate of drug-likeness (QED) is 0.607. The molecule has 2 atom stereocenters. The van der Waals surface area contributed by atoms with E-state index in [1.165, 1.54) is 9.80 Å². The normalized spacial score (nSPS) is 13.8. The van der Waals surface area contributed by atoms with Gasteiger partial charge in [0.2, 0.25) is 11.8 Å². The summed E-state index contributed by atoms with van der Waals surface area (Å²) in [5.41, 5.74) is 0. The Morgan fingerprint density at radius 2 is 1.50 bits per heavy atom. The molecule has 0 heterocycles. The van der Waals surface area contributed by atoms with Crippen LogP contribution in [0.25, 0.3) is 0 Å². The monoisotopic (exact) mass is 369 g/mol. The lowest BCUT2D eigenvalue weighted by atomic mass is 9.93. The van der Waals surface area contributed by atoms with E-state index in [2.05, 4.69) is 5.32 Å². The molecule has 1 N–H and O–H groups in total. The Bertz CT molecular complexity index is 475. The molecule has 0 radical (unpaired) electrons. The zero-order valence-electron chi connectivity index (χ0n) is 18.1. The summed E-state index contributed by atoms with van der Waals surface area (Å²) in [6.45, 7) is 13.7. The maximum Gasteiger partial charge on any atom is 0.242 e. The Hall–Kier alpha value is -1.43. The Morgan fingerprint density at radius 3 is 1.88 bits per heavy atom. The van der Waals surface area contributed by atoms with E-state index >= 15 is 0 Å². The number of amides is 2. The fourth-order valence-electron chi connectivity index (χ4n) is 2.89. The summed E-state index contributed by atoms with van der Waals surface area (Å²) in [5.74, 6) is -0.0695. The number of likely N-dealkylation sites (N-methyl/N-ethyl adjacent to an activating group) is 2. The number of carbonyl (C=O) groups is 3. The summed E-state index contributed by atoms with van der Waals surface area (Å²) in [5, 5.41) is 3.22. The molecule has 152 valence electrons. The van der Waals surface area contributed by atoms with Gasteiger partial charge in [-0.15, -0.1) is 0 Å². The second-order valence-corrected chi connectivity index (χ2v) is 8.18. The van der Waals surface area contributed by atoms with Gasteiger partial charge >= 0.3 is 0 Å². The average Bonchev–Trinajstić information content (AvgIpc) is 2.54. The number of rotatable bonds is 11. The maximum atomic E-state index is 12.7. The van der Waals surface area contributed by atoms with Crippen LogP contribution in [0.2, 0.25) is 0 Å².